The van der Waals surface area contributed by atoms with Crippen LogP contribution in [0.25, 0.3) is 0 Å². The second-order valence-corrected chi connectivity index (χ2v) is 9.62. The normalized spacial score (nSPS) is 28.3. The van der Waals surface area contributed by atoms with Gasteiger partial charge in [0, 0.05) is 4.47 Å². The van der Waals surface area contributed by atoms with E-state index in [1.54, 1.807) is 12.1 Å². The third kappa shape index (κ3) is 4.46. The summed E-state index contributed by atoms with van der Waals surface area (Å²) < 4.78 is 6.44. The van der Waals surface area contributed by atoms with Crippen LogP contribution in [0.1, 0.15) is 40.0 Å². The lowest BCUT2D eigenvalue weighted by Gasteiger charge is -2.43. The zero-order valence-corrected chi connectivity index (χ0v) is 17.6. The molecule has 0 radical (unpaired) electrons. The van der Waals surface area contributed by atoms with Gasteiger partial charge in [0.15, 0.2) is 0 Å². The summed E-state index contributed by atoms with van der Waals surface area (Å²) in [4.78, 5) is 26.7. The predicted octanol–water partition coefficient (Wildman–Crippen LogP) is 3.33. The first-order valence-corrected chi connectivity index (χ1v) is 10.1. The molecular weight excluding hydrogens is 412 g/mol. The summed E-state index contributed by atoms with van der Waals surface area (Å²) in [6, 6.07) is 6.86. The molecule has 1 saturated heterocycles. The highest BCUT2D eigenvalue weighted by molar-refractivity contribution is 9.10. The van der Waals surface area contributed by atoms with E-state index in [0.717, 1.165) is 15.8 Å². The fraction of sp³-hybridized carbons (Fsp3) is 0.600. The number of rotatable bonds is 5. The lowest BCUT2D eigenvalue weighted by Crippen LogP contribution is -2.54. The van der Waals surface area contributed by atoms with E-state index in [1.807, 2.05) is 12.1 Å². The second kappa shape index (κ2) is 7.43. The number of halogens is 1. The van der Waals surface area contributed by atoms with Crippen LogP contribution in [0.2, 0.25) is 0 Å². The SMILES string of the molecule is C[C@@H]1CC(C)(C)C[C@]2(C1)NC(=O)N(C[C@@H](O)COc1cccc(Br)c1)C2=O. The van der Waals surface area contributed by atoms with E-state index in [1.165, 1.54) is 0 Å². The van der Waals surface area contributed by atoms with Gasteiger partial charge in [-0.15, -0.1) is 0 Å². The Balaban J connectivity index is 1.63. The van der Waals surface area contributed by atoms with Crippen molar-refractivity contribution < 1.29 is 19.4 Å². The van der Waals surface area contributed by atoms with Crippen LogP contribution >= 0.6 is 15.9 Å². The number of carbonyl (C=O) groups excluding carboxylic acids is 2. The lowest BCUT2D eigenvalue weighted by atomic mass is 9.64. The minimum Gasteiger partial charge on any atom is -0.491 e. The summed E-state index contributed by atoms with van der Waals surface area (Å²) in [6.45, 7) is 6.31. The third-order valence-corrected chi connectivity index (χ3v) is 5.75. The fourth-order valence-corrected chi connectivity index (χ4v) is 5.06. The Labute approximate surface area is 168 Å². The number of amides is 3. The molecule has 1 spiro atoms. The van der Waals surface area contributed by atoms with Crippen molar-refractivity contribution >= 4 is 27.9 Å². The molecule has 2 N–H and O–H groups in total. The number of benzene rings is 1. The highest BCUT2D eigenvalue weighted by atomic mass is 79.9. The van der Waals surface area contributed by atoms with E-state index < -0.39 is 17.7 Å². The van der Waals surface area contributed by atoms with E-state index in [9.17, 15) is 14.7 Å². The number of urea groups is 1. The van der Waals surface area contributed by atoms with E-state index in [4.69, 9.17) is 4.74 Å². The van der Waals surface area contributed by atoms with Gasteiger partial charge >= 0.3 is 6.03 Å². The smallest absolute Gasteiger partial charge is 0.325 e. The monoisotopic (exact) mass is 438 g/mol. The second-order valence-electron chi connectivity index (χ2n) is 8.70. The van der Waals surface area contributed by atoms with Crippen molar-refractivity contribution in [1.82, 2.24) is 10.2 Å². The van der Waals surface area contributed by atoms with Crippen LogP contribution in [-0.2, 0) is 4.79 Å². The maximum atomic E-state index is 13.1. The van der Waals surface area contributed by atoms with Crippen molar-refractivity contribution in [2.45, 2.75) is 51.7 Å². The van der Waals surface area contributed by atoms with Gasteiger partial charge in [-0.3, -0.25) is 9.69 Å². The van der Waals surface area contributed by atoms with Gasteiger partial charge in [0.05, 0.1) is 6.54 Å². The molecule has 0 aromatic heterocycles. The van der Waals surface area contributed by atoms with Gasteiger partial charge in [0.1, 0.15) is 24.0 Å². The van der Waals surface area contributed by atoms with Gasteiger partial charge in [0.25, 0.3) is 5.91 Å². The number of hydrogen-bond acceptors (Lipinski definition) is 4. The van der Waals surface area contributed by atoms with E-state index in [2.05, 4.69) is 42.0 Å². The van der Waals surface area contributed by atoms with E-state index in [-0.39, 0.29) is 24.5 Å². The van der Waals surface area contributed by atoms with Crippen LogP contribution in [0.5, 0.6) is 5.75 Å². The van der Waals surface area contributed by atoms with Crippen LogP contribution in [-0.4, -0.2) is 46.7 Å². The Morgan fingerprint density at radius 1 is 1.37 bits per heavy atom. The van der Waals surface area contributed by atoms with Crippen molar-refractivity contribution in [3.05, 3.63) is 28.7 Å². The van der Waals surface area contributed by atoms with Crippen LogP contribution < -0.4 is 10.1 Å². The minimum absolute atomic E-state index is 0.00239. The summed E-state index contributed by atoms with van der Waals surface area (Å²) in [5, 5.41) is 13.2. The standard InChI is InChI=1S/C20H27BrN2O4/c1-13-8-19(2,3)12-20(9-13)17(25)23(18(26)22-20)10-15(24)11-27-16-6-4-5-14(21)7-16/h4-7,13,15,24H,8-12H2,1-3H3,(H,22,26)/t13-,15-,20+/m1/s1. The number of nitrogens with zero attached hydrogens (tertiary/aromatic N) is 1. The van der Waals surface area contributed by atoms with Gasteiger partial charge in [-0.25, -0.2) is 4.79 Å². The predicted molar refractivity (Wildman–Crippen MR) is 105 cm³/mol. The van der Waals surface area contributed by atoms with Gasteiger partial charge in [0.2, 0.25) is 0 Å². The molecule has 6 nitrogen and oxygen atoms in total. The number of imide groups is 1. The van der Waals surface area contributed by atoms with Crippen LogP contribution in [0.4, 0.5) is 4.79 Å². The molecule has 3 rings (SSSR count). The molecule has 27 heavy (non-hydrogen) atoms. The van der Waals surface area contributed by atoms with Gasteiger partial charge < -0.3 is 15.2 Å². The minimum atomic E-state index is -0.956. The molecular formula is C20H27BrN2O4. The zero-order valence-electron chi connectivity index (χ0n) is 16.0. The van der Waals surface area contributed by atoms with Gasteiger partial charge in [-0.1, -0.05) is 42.8 Å². The van der Waals surface area contributed by atoms with Crippen LogP contribution in [0.3, 0.4) is 0 Å². The molecule has 1 heterocycles. The largest absolute Gasteiger partial charge is 0.491 e. The first-order valence-electron chi connectivity index (χ1n) is 9.31. The molecule has 2 fully saturated rings. The molecule has 1 aromatic carbocycles. The Kier molecular flexibility index (Phi) is 5.54. The maximum absolute atomic E-state index is 13.1. The summed E-state index contributed by atoms with van der Waals surface area (Å²) in [7, 11) is 0. The summed E-state index contributed by atoms with van der Waals surface area (Å²) in [6.07, 6.45) is 1.34. The Bertz CT molecular complexity index is 738. The van der Waals surface area contributed by atoms with Gasteiger partial charge in [-0.05, 0) is 48.8 Å². The zero-order chi connectivity index (χ0) is 19.8. The number of hydrogen-bond donors (Lipinski definition) is 2. The summed E-state index contributed by atoms with van der Waals surface area (Å²) in [5.41, 5.74) is -0.859. The number of carbonyl (C=O) groups is 2. The summed E-state index contributed by atoms with van der Waals surface area (Å²) >= 11 is 3.36. The fourth-order valence-electron chi connectivity index (χ4n) is 4.68. The number of aliphatic hydroxyl groups excluding tert-OH is 1. The number of ether oxygens (including phenoxy) is 1. The lowest BCUT2D eigenvalue weighted by molar-refractivity contribution is -0.135. The van der Waals surface area contributed by atoms with Gasteiger partial charge in [-0.2, -0.15) is 0 Å². The number of nitrogens with one attached hydrogen (secondary N) is 1. The highest BCUT2D eigenvalue weighted by Gasteiger charge is 2.56. The molecule has 2 aliphatic rings. The highest BCUT2D eigenvalue weighted by Crippen LogP contribution is 2.46. The van der Waals surface area contributed by atoms with Crippen molar-refractivity contribution in [1.29, 1.82) is 0 Å². The molecule has 1 aliphatic carbocycles. The average Bonchev–Trinajstić information content (AvgIpc) is 2.74. The van der Waals surface area contributed by atoms with Crippen molar-refractivity contribution in [2.75, 3.05) is 13.2 Å². The Morgan fingerprint density at radius 3 is 2.78 bits per heavy atom. The van der Waals surface area contributed by atoms with E-state index >= 15 is 0 Å². The molecule has 3 amide bonds. The topological polar surface area (TPSA) is 78.9 Å². The first-order chi connectivity index (χ1) is 12.6. The Morgan fingerprint density at radius 2 is 2.11 bits per heavy atom. The first kappa shape index (κ1) is 20.1. The van der Waals surface area contributed by atoms with Crippen molar-refractivity contribution in [3.8, 4) is 5.75 Å². The molecule has 3 atom stereocenters. The number of β-amino-alcohol motifs (C(OH)–C–C–N with tert-alkyl or cyclic N) is 1. The molecule has 1 saturated carbocycles. The van der Waals surface area contributed by atoms with Crippen LogP contribution in [0.15, 0.2) is 28.7 Å². The molecule has 1 aromatic rings. The number of aliphatic hydroxyl groups is 1. The third-order valence-electron chi connectivity index (χ3n) is 5.26. The van der Waals surface area contributed by atoms with Crippen molar-refractivity contribution in [3.63, 3.8) is 0 Å². The van der Waals surface area contributed by atoms with Crippen LogP contribution in [0, 0.1) is 11.3 Å². The van der Waals surface area contributed by atoms with Crippen molar-refractivity contribution in [2.24, 2.45) is 11.3 Å². The average molecular weight is 439 g/mol. The molecule has 0 unspecified atom stereocenters. The Hall–Kier alpha value is -1.60. The maximum Gasteiger partial charge on any atom is 0.325 e. The molecule has 7 heteroatoms. The summed E-state index contributed by atoms with van der Waals surface area (Å²) in [5.74, 6) is 0.733. The molecule has 1 aliphatic heterocycles. The molecule has 148 valence electrons. The van der Waals surface area contributed by atoms with E-state index in [0.29, 0.717) is 24.5 Å². The quantitative estimate of drug-likeness (QED) is 0.690. The molecule has 0 bridgehead atoms.